The van der Waals surface area contributed by atoms with Crippen molar-refractivity contribution in [3.63, 3.8) is 0 Å². The topological polar surface area (TPSA) is 35.5 Å². The molecule has 0 amide bonds. The lowest BCUT2D eigenvalue weighted by Gasteiger charge is -2.15. The highest BCUT2D eigenvalue weighted by Gasteiger charge is 2.25. The fourth-order valence-electron chi connectivity index (χ4n) is 1.68. The van der Waals surface area contributed by atoms with E-state index in [0.717, 1.165) is 0 Å². The summed E-state index contributed by atoms with van der Waals surface area (Å²) in [5, 5.41) is 0.572. The van der Waals surface area contributed by atoms with Crippen molar-refractivity contribution >= 4 is 33.5 Å². The molecule has 1 saturated carbocycles. The third-order valence-electron chi connectivity index (χ3n) is 2.91. The molecule has 0 aliphatic heterocycles. The van der Waals surface area contributed by atoms with Gasteiger partial charge in [-0.3, -0.25) is 4.79 Å². The molecule has 0 N–H and O–H groups in total. The minimum Gasteiger partial charge on any atom is -0.493 e. The molecule has 0 saturated heterocycles. The van der Waals surface area contributed by atoms with Crippen LogP contribution in [-0.4, -0.2) is 19.2 Å². The normalized spacial score (nSPS) is 15.9. The molecule has 2 rings (SSSR count). The zero-order valence-corrected chi connectivity index (χ0v) is 13.0. The predicted molar refractivity (Wildman–Crippen MR) is 78.0 cm³/mol. The van der Waals surface area contributed by atoms with Gasteiger partial charge in [0.25, 0.3) is 0 Å². The van der Waals surface area contributed by atoms with Crippen molar-refractivity contribution in [2.24, 2.45) is 5.92 Å². The second kappa shape index (κ2) is 6.62. The van der Waals surface area contributed by atoms with Crippen LogP contribution in [0.4, 0.5) is 0 Å². The summed E-state index contributed by atoms with van der Waals surface area (Å²) in [6.45, 7) is 2.82. The van der Waals surface area contributed by atoms with Crippen molar-refractivity contribution in [1.29, 1.82) is 0 Å². The Bertz CT molecular complexity index is 460. The van der Waals surface area contributed by atoms with Crippen molar-refractivity contribution in [1.82, 2.24) is 0 Å². The molecule has 1 aromatic carbocycles. The van der Waals surface area contributed by atoms with Crippen molar-refractivity contribution in [3.8, 4) is 5.75 Å². The van der Waals surface area contributed by atoms with Crippen molar-refractivity contribution in [3.05, 3.63) is 28.8 Å². The van der Waals surface area contributed by atoms with Gasteiger partial charge in [0.05, 0.1) is 13.2 Å². The van der Waals surface area contributed by atoms with E-state index in [0.29, 0.717) is 35.5 Å². The van der Waals surface area contributed by atoms with Gasteiger partial charge >= 0.3 is 5.97 Å². The van der Waals surface area contributed by atoms with Crippen molar-refractivity contribution in [2.75, 3.05) is 13.2 Å². The number of alkyl halides is 1. The molecule has 1 fully saturated rings. The lowest BCUT2D eigenvalue weighted by Crippen LogP contribution is -2.12. The van der Waals surface area contributed by atoms with Gasteiger partial charge in [-0.15, -0.1) is 0 Å². The number of rotatable bonds is 6. The first kappa shape index (κ1) is 14.7. The smallest absolute Gasteiger partial charge is 0.324 e. The Kier molecular flexibility index (Phi) is 5.11. The highest BCUT2D eigenvalue weighted by molar-refractivity contribution is 9.09. The van der Waals surface area contributed by atoms with Gasteiger partial charge in [0.1, 0.15) is 10.6 Å². The van der Waals surface area contributed by atoms with Crippen molar-refractivity contribution < 1.29 is 14.3 Å². The second-order valence-electron chi connectivity index (χ2n) is 4.55. The summed E-state index contributed by atoms with van der Waals surface area (Å²) in [6, 6.07) is 5.30. The van der Waals surface area contributed by atoms with Gasteiger partial charge in [-0.1, -0.05) is 27.5 Å². The van der Waals surface area contributed by atoms with E-state index in [1.807, 2.05) is 0 Å². The molecular weight excluding hydrogens is 332 g/mol. The van der Waals surface area contributed by atoms with E-state index in [1.165, 1.54) is 12.8 Å². The van der Waals surface area contributed by atoms with Crippen LogP contribution in [0, 0.1) is 5.92 Å². The Morgan fingerprint density at radius 2 is 2.26 bits per heavy atom. The fraction of sp³-hybridized carbons (Fsp3) is 0.500. The Morgan fingerprint density at radius 1 is 1.53 bits per heavy atom. The number of halogens is 2. The molecule has 19 heavy (non-hydrogen) atoms. The number of hydrogen-bond donors (Lipinski definition) is 0. The maximum Gasteiger partial charge on any atom is 0.324 e. The molecule has 0 heterocycles. The lowest BCUT2D eigenvalue weighted by molar-refractivity contribution is -0.142. The quantitative estimate of drug-likeness (QED) is 0.573. The molecule has 0 spiro atoms. The predicted octanol–water partition coefficient (Wildman–Crippen LogP) is 4.13. The molecule has 0 radical (unpaired) electrons. The summed E-state index contributed by atoms with van der Waals surface area (Å²) in [5.41, 5.74) is 0.714. The third kappa shape index (κ3) is 4.11. The second-order valence-corrected chi connectivity index (χ2v) is 5.90. The molecular formula is C14H16BrClO3. The first-order valence-corrected chi connectivity index (χ1v) is 7.64. The molecule has 1 aromatic rings. The molecule has 1 unspecified atom stereocenters. The summed E-state index contributed by atoms with van der Waals surface area (Å²) >= 11 is 9.34. The number of ether oxygens (including phenoxy) is 2. The van der Waals surface area contributed by atoms with Gasteiger partial charge in [0.15, 0.2) is 0 Å². The molecule has 0 aromatic heterocycles. The summed E-state index contributed by atoms with van der Waals surface area (Å²) in [6.07, 6.45) is 2.44. The summed E-state index contributed by atoms with van der Waals surface area (Å²) in [4.78, 5) is 11.2. The maximum absolute atomic E-state index is 11.8. The van der Waals surface area contributed by atoms with Gasteiger partial charge in [0, 0.05) is 10.6 Å². The number of carbonyl (C=O) groups excluding carboxylic acids is 1. The first-order chi connectivity index (χ1) is 9.11. The van der Waals surface area contributed by atoms with E-state index in [-0.39, 0.29) is 5.97 Å². The van der Waals surface area contributed by atoms with Crippen LogP contribution in [0.2, 0.25) is 5.02 Å². The number of carbonyl (C=O) groups is 1. The van der Waals surface area contributed by atoms with E-state index >= 15 is 0 Å². The highest BCUT2D eigenvalue weighted by atomic mass is 79.9. The molecule has 0 bridgehead atoms. The van der Waals surface area contributed by atoms with Crippen LogP contribution in [0.5, 0.6) is 5.75 Å². The van der Waals surface area contributed by atoms with Gasteiger partial charge in [-0.2, -0.15) is 0 Å². The molecule has 104 valence electrons. The first-order valence-electron chi connectivity index (χ1n) is 6.34. The lowest BCUT2D eigenvalue weighted by atomic mass is 10.1. The monoisotopic (exact) mass is 346 g/mol. The average Bonchev–Trinajstić information content (AvgIpc) is 3.20. The van der Waals surface area contributed by atoms with Crippen molar-refractivity contribution in [2.45, 2.75) is 24.6 Å². The van der Waals surface area contributed by atoms with E-state index < -0.39 is 4.83 Å². The van der Waals surface area contributed by atoms with Gasteiger partial charge in [0.2, 0.25) is 0 Å². The van der Waals surface area contributed by atoms with E-state index in [1.54, 1.807) is 25.1 Å². The van der Waals surface area contributed by atoms with E-state index in [2.05, 4.69) is 15.9 Å². The summed E-state index contributed by atoms with van der Waals surface area (Å²) in [7, 11) is 0. The Morgan fingerprint density at radius 3 is 2.89 bits per heavy atom. The average molecular weight is 348 g/mol. The van der Waals surface area contributed by atoms with E-state index in [9.17, 15) is 4.79 Å². The Balaban J connectivity index is 2.14. The largest absolute Gasteiger partial charge is 0.493 e. The van der Waals surface area contributed by atoms with Crippen LogP contribution in [0.3, 0.4) is 0 Å². The fourth-order valence-corrected chi connectivity index (χ4v) is 2.35. The standard InChI is InChI=1S/C14H16BrClO3/c1-2-18-14(17)13(15)11-7-10(16)5-6-12(11)19-8-9-3-4-9/h5-7,9,13H,2-4,8H2,1H3. The van der Waals surface area contributed by atoms with Crippen LogP contribution < -0.4 is 4.74 Å². The Hall–Kier alpha value is -0.740. The van der Waals surface area contributed by atoms with Crippen LogP contribution in [0.15, 0.2) is 18.2 Å². The minimum absolute atomic E-state index is 0.332. The third-order valence-corrected chi connectivity index (χ3v) is 4.01. The molecule has 1 atom stereocenters. The summed E-state index contributed by atoms with van der Waals surface area (Å²) in [5.74, 6) is 1.01. The highest BCUT2D eigenvalue weighted by Crippen LogP contribution is 2.36. The van der Waals surface area contributed by atoms with Crippen LogP contribution in [0.25, 0.3) is 0 Å². The minimum atomic E-state index is -0.555. The van der Waals surface area contributed by atoms with Crippen LogP contribution in [0.1, 0.15) is 30.2 Å². The van der Waals surface area contributed by atoms with Gasteiger partial charge < -0.3 is 9.47 Å². The summed E-state index contributed by atoms with van der Waals surface area (Å²) < 4.78 is 10.8. The number of benzene rings is 1. The zero-order chi connectivity index (χ0) is 13.8. The molecule has 1 aliphatic rings. The molecule has 1 aliphatic carbocycles. The number of hydrogen-bond acceptors (Lipinski definition) is 3. The Labute approximate surface area is 126 Å². The van der Waals surface area contributed by atoms with Crippen LogP contribution in [-0.2, 0) is 9.53 Å². The van der Waals surface area contributed by atoms with E-state index in [4.69, 9.17) is 21.1 Å². The maximum atomic E-state index is 11.8. The SMILES string of the molecule is CCOC(=O)C(Br)c1cc(Cl)ccc1OCC1CC1. The number of esters is 1. The molecule has 5 heteroatoms. The van der Waals surface area contributed by atoms with Gasteiger partial charge in [-0.25, -0.2) is 0 Å². The zero-order valence-electron chi connectivity index (χ0n) is 10.7. The van der Waals surface area contributed by atoms with Gasteiger partial charge in [-0.05, 0) is 43.9 Å². The van der Waals surface area contributed by atoms with Crippen LogP contribution >= 0.6 is 27.5 Å². The molecule has 3 nitrogen and oxygen atoms in total.